The second kappa shape index (κ2) is 6.62. The van der Waals surface area contributed by atoms with Crippen LogP contribution in [-0.4, -0.2) is 44.8 Å². The monoisotopic (exact) mass is 354 g/mol. The minimum absolute atomic E-state index is 0.0487. The third kappa shape index (κ3) is 3.17. The molecule has 8 nitrogen and oxygen atoms in total. The van der Waals surface area contributed by atoms with E-state index in [-0.39, 0.29) is 18.6 Å². The highest BCUT2D eigenvalue weighted by molar-refractivity contribution is 5.79. The Balaban J connectivity index is 1.42. The van der Waals surface area contributed by atoms with Gasteiger partial charge in [-0.2, -0.15) is 5.10 Å². The third-order valence-electron chi connectivity index (χ3n) is 4.43. The van der Waals surface area contributed by atoms with Crippen LogP contribution < -0.4 is 10.5 Å². The third-order valence-corrected chi connectivity index (χ3v) is 4.43. The largest absolute Gasteiger partial charge is 0.471 e. The Bertz CT molecular complexity index is 992. The highest BCUT2D eigenvalue weighted by Gasteiger charge is 2.28. The van der Waals surface area contributed by atoms with Gasteiger partial charge >= 0.3 is 5.76 Å². The number of nitrogens with zero attached hydrogens (tertiary/aromatic N) is 4. The molecule has 1 atom stereocenters. The Labute approximate surface area is 149 Å². The van der Waals surface area contributed by atoms with Crippen molar-refractivity contribution >= 4 is 17.0 Å². The van der Waals surface area contributed by atoms with E-state index in [0.29, 0.717) is 36.5 Å². The Hall–Kier alpha value is -3.16. The first kappa shape index (κ1) is 16.3. The number of carbonyl (C=O) groups is 1. The Morgan fingerprint density at radius 1 is 1.27 bits per heavy atom. The summed E-state index contributed by atoms with van der Waals surface area (Å²) < 4.78 is 12.3. The molecule has 8 heteroatoms. The first-order valence-electron chi connectivity index (χ1n) is 8.43. The molecule has 1 aliphatic rings. The number of amides is 1. The summed E-state index contributed by atoms with van der Waals surface area (Å²) in [5, 5.41) is 7.94. The molecule has 3 heterocycles. The predicted octanol–water partition coefficient (Wildman–Crippen LogP) is 1.37. The molecule has 0 radical (unpaired) electrons. The van der Waals surface area contributed by atoms with E-state index in [1.54, 1.807) is 35.2 Å². The molecule has 0 N–H and O–H groups in total. The number of rotatable bonds is 4. The van der Waals surface area contributed by atoms with E-state index in [1.165, 1.54) is 4.57 Å². The summed E-state index contributed by atoms with van der Waals surface area (Å²) in [6, 6.07) is 10.7. The molecule has 2 aromatic heterocycles. The van der Waals surface area contributed by atoms with Crippen molar-refractivity contribution in [1.82, 2.24) is 19.7 Å². The van der Waals surface area contributed by atoms with E-state index in [2.05, 4.69) is 10.2 Å². The van der Waals surface area contributed by atoms with Gasteiger partial charge in [0.25, 0.3) is 0 Å². The van der Waals surface area contributed by atoms with Crippen molar-refractivity contribution in [3.05, 3.63) is 52.6 Å². The summed E-state index contributed by atoms with van der Waals surface area (Å²) in [5.41, 5.74) is 1.91. The molecule has 1 aromatic carbocycles. The lowest BCUT2D eigenvalue weighted by Gasteiger charge is -2.17. The zero-order valence-corrected chi connectivity index (χ0v) is 14.3. The number of hydrogen-bond donors (Lipinski definition) is 0. The zero-order valence-electron chi connectivity index (χ0n) is 14.3. The maximum Gasteiger partial charge on any atom is 0.420 e. The zero-order chi connectivity index (χ0) is 18.1. The summed E-state index contributed by atoms with van der Waals surface area (Å²) >= 11 is 0. The van der Waals surface area contributed by atoms with Crippen LogP contribution in [0.4, 0.5) is 0 Å². The molecular weight excluding hydrogens is 336 g/mol. The number of ether oxygens (including phenoxy) is 1. The number of fused-ring (bicyclic) bond motifs is 1. The fourth-order valence-corrected chi connectivity index (χ4v) is 3.07. The molecule has 1 saturated heterocycles. The van der Waals surface area contributed by atoms with Crippen LogP contribution in [0.2, 0.25) is 0 Å². The smallest absolute Gasteiger partial charge is 0.420 e. The number of aromatic nitrogens is 3. The molecule has 26 heavy (non-hydrogen) atoms. The van der Waals surface area contributed by atoms with Crippen molar-refractivity contribution in [2.24, 2.45) is 0 Å². The lowest BCUT2D eigenvalue weighted by Crippen LogP contribution is -2.35. The van der Waals surface area contributed by atoms with Crippen molar-refractivity contribution < 1.29 is 13.9 Å². The minimum Gasteiger partial charge on any atom is -0.471 e. The number of likely N-dealkylation sites (tertiary alicyclic amines) is 1. The molecule has 0 bridgehead atoms. The maximum absolute atomic E-state index is 12.6. The first-order valence-corrected chi connectivity index (χ1v) is 8.43. The van der Waals surface area contributed by atoms with Crippen LogP contribution in [0.15, 0.2) is 45.6 Å². The van der Waals surface area contributed by atoms with Crippen molar-refractivity contribution in [2.45, 2.75) is 26.0 Å². The predicted molar refractivity (Wildman–Crippen MR) is 92.9 cm³/mol. The van der Waals surface area contributed by atoms with Crippen LogP contribution >= 0.6 is 0 Å². The molecule has 0 spiro atoms. The van der Waals surface area contributed by atoms with Gasteiger partial charge < -0.3 is 14.1 Å². The SMILES string of the molecule is Cc1ccc(O[C@H]2CCN(C(=O)Cn3c(=O)oc4ccccc43)C2)nn1. The summed E-state index contributed by atoms with van der Waals surface area (Å²) in [4.78, 5) is 26.3. The summed E-state index contributed by atoms with van der Waals surface area (Å²) in [5.74, 6) is -0.215. The van der Waals surface area contributed by atoms with Crippen LogP contribution in [0.1, 0.15) is 12.1 Å². The number of hydrogen-bond acceptors (Lipinski definition) is 6. The normalized spacial score (nSPS) is 17.0. The van der Waals surface area contributed by atoms with Gasteiger partial charge in [-0.25, -0.2) is 4.79 Å². The van der Waals surface area contributed by atoms with Crippen molar-refractivity contribution in [3.63, 3.8) is 0 Å². The Morgan fingerprint density at radius 3 is 2.92 bits per heavy atom. The highest BCUT2D eigenvalue weighted by Crippen LogP contribution is 2.17. The van der Waals surface area contributed by atoms with Gasteiger partial charge in [0.2, 0.25) is 11.8 Å². The van der Waals surface area contributed by atoms with E-state index in [0.717, 1.165) is 5.69 Å². The second-order valence-electron chi connectivity index (χ2n) is 6.30. The summed E-state index contributed by atoms with van der Waals surface area (Å²) in [7, 11) is 0. The number of oxazole rings is 1. The molecule has 1 amide bonds. The highest BCUT2D eigenvalue weighted by atomic mass is 16.5. The van der Waals surface area contributed by atoms with E-state index < -0.39 is 5.76 Å². The molecule has 1 aliphatic heterocycles. The van der Waals surface area contributed by atoms with Crippen LogP contribution in [0, 0.1) is 6.92 Å². The molecule has 3 aromatic rings. The molecule has 1 fully saturated rings. The Morgan fingerprint density at radius 2 is 2.12 bits per heavy atom. The molecule has 0 saturated carbocycles. The Kier molecular flexibility index (Phi) is 4.16. The first-order chi connectivity index (χ1) is 12.6. The minimum atomic E-state index is -0.526. The molecule has 134 valence electrons. The molecule has 0 unspecified atom stereocenters. The average Bonchev–Trinajstić information content (AvgIpc) is 3.22. The van der Waals surface area contributed by atoms with Gasteiger partial charge in [0.05, 0.1) is 17.8 Å². The van der Waals surface area contributed by atoms with Crippen LogP contribution in [0.5, 0.6) is 5.88 Å². The van der Waals surface area contributed by atoms with E-state index >= 15 is 0 Å². The summed E-state index contributed by atoms with van der Waals surface area (Å²) in [6.07, 6.45) is 0.580. The van der Waals surface area contributed by atoms with Crippen molar-refractivity contribution in [2.75, 3.05) is 13.1 Å². The second-order valence-corrected chi connectivity index (χ2v) is 6.30. The fourth-order valence-electron chi connectivity index (χ4n) is 3.07. The molecular formula is C18H18N4O4. The van der Waals surface area contributed by atoms with Crippen LogP contribution in [0.25, 0.3) is 11.1 Å². The maximum atomic E-state index is 12.6. The van der Waals surface area contributed by atoms with E-state index in [9.17, 15) is 9.59 Å². The molecule has 4 rings (SSSR count). The van der Waals surface area contributed by atoms with Gasteiger partial charge in [0, 0.05) is 19.0 Å². The number of para-hydroxylation sites is 2. The van der Waals surface area contributed by atoms with Gasteiger partial charge in [-0.1, -0.05) is 12.1 Å². The lowest BCUT2D eigenvalue weighted by molar-refractivity contribution is -0.131. The van der Waals surface area contributed by atoms with Crippen LogP contribution in [0.3, 0.4) is 0 Å². The van der Waals surface area contributed by atoms with Gasteiger partial charge in [0.1, 0.15) is 12.6 Å². The van der Waals surface area contributed by atoms with Crippen molar-refractivity contribution in [3.8, 4) is 5.88 Å². The fraction of sp³-hybridized carbons (Fsp3) is 0.333. The van der Waals surface area contributed by atoms with Gasteiger partial charge in [0.15, 0.2) is 5.58 Å². The quantitative estimate of drug-likeness (QED) is 0.703. The average molecular weight is 354 g/mol. The number of carbonyl (C=O) groups excluding carboxylic acids is 1. The number of aryl methyl sites for hydroxylation is 1. The van der Waals surface area contributed by atoms with E-state index in [1.807, 2.05) is 13.0 Å². The van der Waals surface area contributed by atoms with Gasteiger partial charge in [-0.15, -0.1) is 5.10 Å². The van der Waals surface area contributed by atoms with Gasteiger partial charge in [-0.05, 0) is 25.1 Å². The number of benzene rings is 1. The van der Waals surface area contributed by atoms with Crippen LogP contribution in [-0.2, 0) is 11.3 Å². The summed E-state index contributed by atoms with van der Waals surface area (Å²) in [6.45, 7) is 2.84. The van der Waals surface area contributed by atoms with Gasteiger partial charge in [-0.3, -0.25) is 9.36 Å². The van der Waals surface area contributed by atoms with Crippen molar-refractivity contribution in [1.29, 1.82) is 0 Å². The lowest BCUT2D eigenvalue weighted by atomic mass is 10.3. The van der Waals surface area contributed by atoms with E-state index in [4.69, 9.17) is 9.15 Å². The molecule has 0 aliphatic carbocycles. The standard InChI is InChI=1S/C18H18N4O4/c1-12-6-7-16(20-19-12)25-13-8-9-21(10-13)17(23)11-22-14-4-2-3-5-15(14)26-18(22)24/h2-7,13H,8-11H2,1H3/t13-/m0/s1. The topological polar surface area (TPSA) is 90.5 Å².